The number of halogens is 1. The predicted octanol–water partition coefficient (Wildman–Crippen LogP) is 3.24. The third-order valence-electron chi connectivity index (χ3n) is 4.97. The van der Waals surface area contributed by atoms with E-state index in [2.05, 4.69) is 11.8 Å². The smallest absolute Gasteiger partial charge is 0.123 e. The minimum Gasteiger partial charge on any atom is -0.391 e. The molecule has 1 aromatic rings. The molecule has 1 aliphatic rings. The van der Waals surface area contributed by atoms with Crippen LogP contribution in [0.15, 0.2) is 24.3 Å². The third kappa shape index (κ3) is 3.21. The van der Waals surface area contributed by atoms with Crippen LogP contribution in [0.2, 0.25) is 0 Å². The fourth-order valence-corrected chi connectivity index (χ4v) is 3.42. The second-order valence-electron chi connectivity index (χ2n) is 6.53. The second-order valence-corrected chi connectivity index (χ2v) is 6.53. The van der Waals surface area contributed by atoms with Gasteiger partial charge in [0.1, 0.15) is 5.82 Å². The maximum absolute atomic E-state index is 13.3. The topological polar surface area (TPSA) is 23.5 Å². The molecule has 1 saturated carbocycles. The average molecular weight is 279 g/mol. The van der Waals surface area contributed by atoms with Gasteiger partial charge in [0, 0.05) is 12.0 Å². The number of aliphatic hydroxyl groups excluding tert-OH is 1. The van der Waals surface area contributed by atoms with Crippen molar-refractivity contribution in [2.24, 2.45) is 5.92 Å². The predicted molar refractivity (Wildman–Crippen MR) is 80.2 cm³/mol. The summed E-state index contributed by atoms with van der Waals surface area (Å²) in [5.74, 6) is 0.510. The number of hydrogen-bond acceptors (Lipinski definition) is 2. The van der Waals surface area contributed by atoms with Gasteiger partial charge in [0.2, 0.25) is 0 Å². The quantitative estimate of drug-likeness (QED) is 0.914. The van der Waals surface area contributed by atoms with Crippen LogP contribution in [0, 0.1) is 11.7 Å². The summed E-state index contributed by atoms with van der Waals surface area (Å²) in [7, 11) is 4.09. The lowest BCUT2D eigenvalue weighted by molar-refractivity contribution is -0.0382. The van der Waals surface area contributed by atoms with E-state index in [0.29, 0.717) is 6.42 Å². The Labute approximate surface area is 121 Å². The molecule has 0 amide bonds. The number of nitrogens with zero attached hydrogens (tertiary/aromatic N) is 1. The van der Waals surface area contributed by atoms with E-state index >= 15 is 0 Å². The van der Waals surface area contributed by atoms with Gasteiger partial charge in [0.15, 0.2) is 0 Å². The standard InChI is InChI=1S/C17H26FNO/c1-13-7-9-17(10-8-13,19(2)3)16(20)12-14-5-4-6-15(18)11-14/h4-6,11,13,16,20H,7-10,12H2,1-3H3. The molecule has 3 heteroatoms. The van der Waals surface area contributed by atoms with Crippen LogP contribution in [0.5, 0.6) is 0 Å². The Kier molecular flexibility index (Phi) is 4.82. The van der Waals surface area contributed by atoms with E-state index in [1.54, 1.807) is 6.07 Å². The van der Waals surface area contributed by atoms with Gasteiger partial charge in [-0.2, -0.15) is 0 Å². The lowest BCUT2D eigenvalue weighted by Gasteiger charge is -2.47. The second kappa shape index (κ2) is 6.23. The molecule has 1 aromatic carbocycles. The van der Waals surface area contributed by atoms with E-state index in [4.69, 9.17) is 0 Å². The summed E-state index contributed by atoms with van der Waals surface area (Å²) in [6, 6.07) is 6.57. The highest BCUT2D eigenvalue weighted by atomic mass is 19.1. The van der Waals surface area contributed by atoms with Crippen molar-refractivity contribution < 1.29 is 9.50 Å². The Morgan fingerprint density at radius 2 is 2.00 bits per heavy atom. The molecule has 1 unspecified atom stereocenters. The van der Waals surface area contributed by atoms with Crippen LogP contribution in [0.1, 0.15) is 38.2 Å². The van der Waals surface area contributed by atoms with Gasteiger partial charge in [0.05, 0.1) is 6.10 Å². The van der Waals surface area contributed by atoms with Gasteiger partial charge in [0.25, 0.3) is 0 Å². The van der Waals surface area contributed by atoms with E-state index in [1.165, 1.54) is 12.1 Å². The summed E-state index contributed by atoms with van der Waals surface area (Å²) in [6.45, 7) is 2.28. The zero-order valence-electron chi connectivity index (χ0n) is 12.8. The maximum Gasteiger partial charge on any atom is 0.123 e. The maximum atomic E-state index is 13.3. The Morgan fingerprint density at radius 1 is 1.35 bits per heavy atom. The Hall–Kier alpha value is -0.930. The van der Waals surface area contributed by atoms with Gasteiger partial charge in [-0.15, -0.1) is 0 Å². The van der Waals surface area contributed by atoms with Crippen LogP contribution in [-0.4, -0.2) is 35.7 Å². The summed E-state index contributed by atoms with van der Waals surface area (Å²) in [5.41, 5.74) is 0.705. The molecule has 0 aliphatic heterocycles. The van der Waals surface area contributed by atoms with Gasteiger partial charge in [-0.3, -0.25) is 0 Å². The molecular weight excluding hydrogens is 253 g/mol. The van der Waals surface area contributed by atoms with Crippen LogP contribution < -0.4 is 0 Å². The molecule has 1 aliphatic carbocycles. The first kappa shape index (κ1) is 15.5. The fraction of sp³-hybridized carbons (Fsp3) is 0.647. The molecule has 2 rings (SSSR count). The van der Waals surface area contributed by atoms with Crippen molar-refractivity contribution in [2.45, 2.75) is 50.7 Å². The molecule has 1 fully saturated rings. The van der Waals surface area contributed by atoms with Crippen molar-refractivity contribution in [3.8, 4) is 0 Å². The number of rotatable bonds is 4. The van der Waals surface area contributed by atoms with Crippen LogP contribution in [0.3, 0.4) is 0 Å². The van der Waals surface area contributed by atoms with Crippen molar-refractivity contribution in [1.29, 1.82) is 0 Å². The third-order valence-corrected chi connectivity index (χ3v) is 4.97. The summed E-state index contributed by atoms with van der Waals surface area (Å²) in [4.78, 5) is 2.17. The zero-order valence-corrected chi connectivity index (χ0v) is 12.8. The monoisotopic (exact) mass is 279 g/mol. The molecule has 0 saturated heterocycles. The van der Waals surface area contributed by atoms with Gasteiger partial charge in [-0.05, 0) is 63.4 Å². The van der Waals surface area contributed by atoms with Gasteiger partial charge >= 0.3 is 0 Å². The molecule has 0 heterocycles. The van der Waals surface area contributed by atoms with Gasteiger partial charge < -0.3 is 10.0 Å². The lowest BCUT2D eigenvalue weighted by Crippen LogP contribution is -2.56. The normalized spacial score (nSPS) is 28.6. The average Bonchev–Trinajstić information content (AvgIpc) is 2.39. The van der Waals surface area contributed by atoms with Crippen molar-refractivity contribution in [2.75, 3.05) is 14.1 Å². The molecule has 0 radical (unpaired) electrons. The van der Waals surface area contributed by atoms with Gasteiger partial charge in [-0.25, -0.2) is 4.39 Å². The highest BCUT2D eigenvalue weighted by molar-refractivity contribution is 5.18. The van der Waals surface area contributed by atoms with Crippen LogP contribution in [-0.2, 0) is 6.42 Å². The highest BCUT2D eigenvalue weighted by Gasteiger charge is 2.42. The molecular formula is C17H26FNO. The van der Waals surface area contributed by atoms with E-state index in [0.717, 1.165) is 37.2 Å². The first-order chi connectivity index (χ1) is 9.44. The van der Waals surface area contributed by atoms with Crippen molar-refractivity contribution in [3.05, 3.63) is 35.6 Å². The van der Waals surface area contributed by atoms with Gasteiger partial charge in [-0.1, -0.05) is 19.1 Å². The number of likely N-dealkylation sites (N-methyl/N-ethyl adjacent to an activating group) is 1. The minimum absolute atomic E-state index is 0.168. The van der Waals surface area contributed by atoms with E-state index in [9.17, 15) is 9.50 Å². The molecule has 0 spiro atoms. The van der Waals surface area contributed by atoms with Crippen LogP contribution in [0.25, 0.3) is 0 Å². The summed E-state index contributed by atoms with van der Waals surface area (Å²) >= 11 is 0. The van der Waals surface area contributed by atoms with Crippen LogP contribution >= 0.6 is 0 Å². The summed E-state index contributed by atoms with van der Waals surface area (Å²) in [6.07, 6.45) is 4.39. The highest BCUT2D eigenvalue weighted by Crippen LogP contribution is 2.38. The zero-order chi connectivity index (χ0) is 14.8. The summed E-state index contributed by atoms with van der Waals surface area (Å²) in [5, 5.41) is 10.8. The summed E-state index contributed by atoms with van der Waals surface area (Å²) < 4.78 is 13.3. The number of hydrogen-bond donors (Lipinski definition) is 1. The first-order valence-corrected chi connectivity index (χ1v) is 7.54. The molecule has 20 heavy (non-hydrogen) atoms. The van der Waals surface area contributed by atoms with Crippen molar-refractivity contribution >= 4 is 0 Å². The van der Waals surface area contributed by atoms with Crippen LogP contribution in [0.4, 0.5) is 4.39 Å². The SMILES string of the molecule is CC1CCC(C(O)Cc2cccc(F)c2)(N(C)C)CC1. The van der Waals surface area contributed by atoms with E-state index in [1.807, 2.05) is 20.2 Å². The molecule has 112 valence electrons. The number of benzene rings is 1. The lowest BCUT2D eigenvalue weighted by atomic mass is 9.72. The fourth-order valence-electron chi connectivity index (χ4n) is 3.42. The Balaban J connectivity index is 2.13. The van der Waals surface area contributed by atoms with E-state index in [-0.39, 0.29) is 11.4 Å². The first-order valence-electron chi connectivity index (χ1n) is 7.54. The molecule has 2 nitrogen and oxygen atoms in total. The van der Waals surface area contributed by atoms with Crippen molar-refractivity contribution in [1.82, 2.24) is 4.90 Å². The van der Waals surface area contributed by atoms with Crippen molar-refractivity contribution in [3.63, 3.8) is 0 Å². The molecule has 1 N–H and O–H groups in total. The molecule has 0 bridgehead atoms. The molecule has 0 aromatic heterocycles. The molecule has 1 atom stereocenters. The Morgan fingerprint density at radius 3 is 2.55 bits per heavy atom. The van der Waals surface area contributed by atoms with E-state index < -0.39 is 6.10 Å². The largest absolute Gasteiger partial charge is 0.391 e. The minimum atomic E-state index is -0.452. The Bertz CT molecular complexity index is 438. The number of aliphatic hydroxyl groups is 1.